The van der Waals surface area contributed by atoms with Gasteiger partial charge < -0.3 is 15.2 Å². The Morgan fingerprint density at radius 2 is 1.87 bits per heavy atom. The quantitative estimate of drug-likeness (QED) is 0.675. The van der Waals surface area contributed by atoms with Crippen molar-refractivity contribution in [3.05, 3.63) is 59.7 Å². The van der Waals surface area contributed by atoms with Crippen molar-refractivity contribution in [1.82, 2.24) is 15.0 Å². The number of nitrogens with zero attached hydrogens (tertiary/aromatic N) is 4. The largest absolute Gasteiger partial charge is 0.491 e. The molecule has 0 bridgehead atoms. The van der Waals surface area contributed by atoms with Gasteiger partial charge in [0.15, 0.2) is 5.75 Å². The number of fused-ring (bicyclic) bond motifs is 1. The third kappa shape index (κ3) is 3.59. The van der Waals surface area contributed by atoms with Gasteiger partial charge in [0.1, 0.15) is 0 Å². The lowest BCUT2D eigenvalue weighted by atomic mass is 9.97. The van der Waals surface area contributed by atoms with Crippen LogP contribution in [0, 0.1) is 0 Å². The summed E-state index contributed by atoms with van der Waals surface area (Å²) < 4.78 is 10.6. The number of carbonyl (C=O) groups excluding carboxylic acids is 1. The van der Waals surface area contributed by atoms with Gasteiger partial charge in [0.2, 0.25) is 0 Å². The molecule has 8 heteroatoms. The molecule has 0 aromatic carbocycles. The van der Waals surface area contributed by atoms with Gasteiger partial charge in [0.25, 0.3) is 11.8 Å². The van der Waals surface area contributed by atoms with E-state index in [0.717, 1.165) is 11.1 Å². The minimum Gasteiger partial charge on any atom is -0.491 e. The molecule has 31 heavy (non-hydrogen) atoms. The lowest BCUT2D eigenvalue weighted by Crippen LogP contribution is -2.30. The summed E-state index contributed by atoms with van der Waals surface area (Å²) in [6.45, 7) is 5.76. The van der Waals surface area contributed by atoms with Crippen LogP contribution in [0.1, 0.15) is 48.4 Å². The number of ether oxygens (including phenoxy) is 2. The van der Waals surface area contributed by atoms with Gasteiger partial charge in [-0.15, -0.1) is 0 Å². The number of hydrogen-bond donors (Lipinski definition) is 1. The first-order chi connectivity index (χ1) is 14.7. The number of carbonyl (C=O) groups is 1. The highest BCUT2D eigenvalue weighted by Gasteiger charge is 2.37. The molecule has 1 aliphatic heterocycles. The maximum atomic E-state index is 13.2. The number of pyridine rings is 3. The van der Waals surface area contributed by atoms with E-state index in [-0.39, 0.29) is 11.9 Å². The first-order valence-corrected chi connectivity index (χ1v) is 9.92. The van der Waals surface area contributed by atoms with Crippen LogP contribution >= 0.6 is 0 Å². The minimum atomic E-state index is -0.562. The molecule has 1 unspecified atom stereocenters. The molecule has 160 valence electrons. The first-order valence-electron chi connectivity index (χ1n) is 9.92. The Bertz CT molecular complexity index is 1160. The predicted molar refractivity (Wildman–Crippen MR) is 117 cm³/mol. The Hall–Kier alpha value is -3.52. The molecule has 1 atom stereocenters. The number of methoxy groups -OCH3 is 2. The van der Waals surface area contributed by atoms with Crippen molar-refractivity contribution in [3.8, 4) is 22.9 Å². The van der Waals surface area contributed by atoms with Crippen molar-refractivity contribution >= 4 is 11.6 Å². The molecular formula is C23H25N5O3. The van der Waals surface area contributed by atoms with Crippen molar-refractivity contribution in [2.75, 3.05) is 19.1 Å². The Kier molecular flexibility index (Phi) is 5.10. The van der Waals surface area contributed by atoms with Crippen molar-refractivity contribution in [2.45, 2.75) is 32.4 Å². The molecule has 4 rings (SSSR count). The lowest BCUT2D eigenvalue weighted by Gasteiger charge is -2.24. The molecule has 0 spiro atoms. The first kappa shape index (κ1) is 20.7. The molecular weight excluding hydrogens is 394 g/mol. The molecule has 0 fully saturated rings. The fourth-order valence-electron chi connectivity index (χ4n) is 3.69. The molecule has 0 aliphatic carbocycles. The van der Waals surface area contributed by atoms with Gasteiger partial charge in [0, 0.05) is 23.5 Å². The van der Waals surface area contributed by atoms with Crippen LogP contribution in [0.4, 0.5) is 5.69 Å². The predicted octanol–water partition coefficient (Wildman–Crippen LogP) is 3.47. The van der Waals surface area contributed by atoms with E-state index in [9.17, 15) is 4.79 Å². The highest BCUT2D eigenvalue weighted by atomic mass is 16.5. The fraction of sp³-hybridized carbons (Fsp3) is 0.304. The SMILES string of the molecule is COc1cc(-c2ccc3c(n2)C(C)N(c2cncc(C(C)(C)N)c2)C3=O)cnc1OC. The third-order valence-corrected chi connectivity index (χ3v) is 5.43. The topological polar surface area (TPSA) is 103 Å². The Balaban J connectivity index is 1.72. The summed E-state index contributed by atoms with van der Waals surface area (Å²) >= 11 is 0. The van der Waals surface area contributed by atoms with Crippen LogP contribution in [0.15, 0.2) is 42.9 Å². The standard InChI is InChI=1S/C23H25N5O3/c1-13-20-17(22(29)28(13)16-9-15(11-25-12-16)23(2,3)24)6-7-18(27-20)14-8-19(30-4)21(31-5)26-10-14/h6-13H,24H2,1-5H3. The van der Waals surface area contributed by atoms with E-state index < -0.39 is 5.54 Å². The summed E-state index contributed by atoms with van der Waals surface area (Å²) in [6, 6.07) is 7.09. The number of hydrogen-bond acceptors (Lipinski definition) is 7. The van der Waals surface area contributed by atoms with E-state index in [2.05, 4.69) is 9.97 Å². The van der Waals surface area contributed by atoms with E-state index in [4.69, 9.17) is 20.2 Å². The highest BCUT2D eigenvalue weighted by Crippen LogP contribution is 2.38. The van der Waals surface area contributed by atoms with E-state index >= 15 is 0 Å². The van der Waals surface area contributed by atoms with Crippen LogP contribution in [-0.2, 0) is 5.54 Å². The number of amides is 1. The molecule has 0 saturated carbocycles. The lowest BCUT2D eigenvalue weighted by molar-refractivity contribution is 0.0992. The second-order valence-electron chi connectivity index (χ2n) is 8.07. The Morgan fingerprint density at radius 1 is 1.10 bits per heavy atom. The van der Waals surface area contributed by atoms with Gasteiger partial charge in [-0.2, -0.15) is 0 Å². The summed E-state index contributed by atoms with van der Waals surface area (Å²) in [7, 11) is 3.10. The van der Waals surface area contributed by atoms with E-state index in [1.54, 1.807) is 36.7 Å². The highest BCUT2D eigenvalue weighted by molar-refractivity contribution is 6.10. The maximum absolute atomic E-state index is 13.2. The average Bonchev–Trinajstić information content (AvgIpc) is 3.02. The molecule has 3 aromatic heterocycles. The number of anilines is 1. The summed E-state index contributed by atoms with van der Waals surface area (Å²) in [5.41, 5.74) is 9.95. The molecule has 1 aliphatic rings. The van der Waals surface area contributed by atoms with E-state index in [1.807, 2.05) is 39.0 Å². The van der Waals surface area contributed by atoms with Crippen LogP contribution < -0.4 is 20.1 Å². The molecule has 1 amide bonds. The van der Waals surface area contributed by atoms with Crippen LogP contribution in [0.5, 0.6) is 11.6 Å². The second kappa shape index (κ2) is 7.63. The van der Waals surface area contributed by atoms with Gasteiger partial charge in [0.05, 0.1) is 49.1 Å². The minimum absolute atomic E-state index is 0.110. The monoisotopic (exact) mass is 419 g/mol. The molecule has 3 aromatic rings. The van der Waals surface area contributed by atoms with Gasteiger partial charge in [-0.1, -0.05) is 0 Å². The van der Waals surface area contributed by atoms with Gasteiger partial charge in [-0.25, -0.2) is 9.97 Å². The van der Waals surface area contributed by atoms with Gasteiger partial charge in [-0.3, -0.25) is 14.7 Å². The normalized spacial score (nSPS) is 15.7. The fourth-order valence-corrected chi connectivity index (χ4v) is 3.69. The van der Waals surface area contributed by atoms with Crippen LogP contribution in [0.3, 0.4) is 0 Å². The van der Waals surface area contributed by atoms with Crippen LogP contribution in [0.25, 0.3) is 11.3 Å². The Morgan fingerprint density at radius 3 is 2.55 bits per heavy atom. The molecule has 4 heterocycles. The van der Waals surface area contributed by atoms with Crippen LogP contribution in [0.2, 0.25) is 0 Å². The van der Waals surface area contributed by atoms with Crippen LogP contribution in [-0.4, -0.2) is 35.1 Å². The van der Waals surface area contributed by atoms with Crippen molar-refractivity contribution in [1.29, 1.82) is 0 Å². The molecule has 2 N–H and O–H groups in total. The van der Waals surface area contributed by atoms with Crippen molar-refractivity contribution in [3.63, 3.8) is 0 Å². The third-order valence-electron chi connectivity index (χ3n) is 5.43. The van der Waals surface area contributed by atoms with Gasteiger partial charge in [-0.05, 0) is 50.6 Å². The smallest absolute Gasteiger partial charge is 0.260 e. The van der Waals surface area contributed by atoms with E-state index in [1.165, 1.54) is 7.11 Å². The van der Waals surface area contributed by atoms with Crippen molar-refractivity contribution in [2.24, 2.45) is 5.73 Å². The zero-order valence-corrected chi connectivity index (χ0v) is 18.2. The average molecular weight is 419 g/mol. The maximum Gasteiger partial charge on any atom is 0.260 e. The molecule has 0 saturated heterocycles. The van der Waals surface area contributed by atoms with Crippen molar-refractivity contribution < 1.29 is 14.3 Å². The molecule has 0 radical (unpaired) electrons. The van der Waals surface area contributed by atoms with E-state index in [0.29, 0.717) is 34.3 Å². The molecule has 8 nitrogen and oxygen atoms in total. The van der Waals surface area contributed by atoms with Gasteiger partial charge >= 0.3 is 0 Å². The summed E-state index contributed by atoms with van der Waals surface area (Å²) in [5, 5.41) is 0. The Labute approximate surface area is 181 Å². The summed E-state index contributed by atoms with van der Waals surface area (Å²) in [5.74, 6) is 0.804. The number of nitrogens with two attached hydrogens (primary N) is 1. The number of rotatable bonds is 5. The zero-order valence-electron chi connectivity index (χ0n) is 18.2. The summed E-state index contributed by atoms with van der Waals surface area (Å²) in [6.07, 6.45) is 5.07. The summed E-state index contributed by atoms with van der Waals surface area (Å²) in [4.78, 5) is 28.3. The second-order valence-corrected chi connectivity index (χ2v) is 8.07. The number of aromatic nitrogens is 3. The zero-order chi connectivity index (χ0) is 22.3.